The summed E-state index contributed by atoms with van der Waals surface area (Å²) in [6.45, 7) is 0.737. The number of ketones is 1. The Morgan fingerprint density at radius 3 is 2.77 bits per heavy atom. The number of H-pyrrole nitrogens is 1. The van der Waals surface area contributed by atoms with E-state index in [0.29, 0.717) is 18.5 Å². The van der Waals surface area contributed by atoms with Gasteiger partial charge in [0.15, 0.2) is 5.78 Å². The number of nitrogens with zero attached hydrogens (tertiary/aromatic N) is 1. The van der Waals surface area contributed by atoms with Crippen LogP contribution in [0.2, 0.25) is 0 Å². The van der Waals surface area contributed by atoms with E-state index in [1.807, 2.05) is 47.8 Å². The molecule has 0 saturated carbocycles. The molecule has 0 aliphatic carbocycles. The molecule has 0 spiro atoms. The number of likely N-dealkylation sites (tertiary alicyclic amines) is 1. The van der Waals surface area contributed by atoms with Crippen molar-refractivity contribution in [1.29, 1.82) is 0 Å². The van der Waals surface area contributed by atoms with Gasteiger partial charge in [0.1, 0.15) is 6.61 Å². The van der Waals surface area contributed by atoms with Crippen LogP contribution in [0.1, 0.15) is 28.8 Å². The van der Waals surface area contributed by atoms with Crippen LogP contribution < -0.4 is 0 Å². The number of carbonyl (C=O) groups is 2. The third kappa shape index (κ3) is 3.86. The summed E-state index contributed by atoms with van der Waals surface area (Å²) < 4.78 is 5.49. The Morgan fingerprint density at radius 1 is 1.10 bits per heavy atom. The molecule has 6 heteroatoms. The first kappa shape index (κ1) is 19.6. The second kappa shape index (κ2) is 8.40. The zero-order valence-corrected chi connectivity index (χ0v) is 17.7. The van der Waals surface area contributed by atoms with E-state index in [2.05, 4.69) is 23.2 Å². The first-order valence-corrected chi connectivity index (χ1v) is 11.3. The highest BCUT2D eigenvalue weighted by atomic mass is 32.1. The van der Waals surface area contributed by atoms with Gasteiger partial charge in [-0.1, -0.05) is 42.5 Å². The Morgan fingerprint density at radius 2 is 1.97 bits per heavy atom. The minimum Gasteiger partial charge on any atom is -0.445 e. The molecule has 5 nitrogen and oxygen atoms in total. The van der Waals surface area contributed by atoms with Crippen molar-refractivity contribution < 1.29 is 14.3 Å². The van der Waals surface area contributed by atoms with E-state index in [1.54, 1.807) is 22.4 Å². The van der Waals surface area contributed by atoms with E-state index >= 15 is 0 Å². The first-order valence-electron chi connectivity index (χ1n) is 10.4. The molecule has 1 aliphatic rings. The maximum Gasteiger partial charge on any atom is 0.410 e. The largest absolute Gasteiger partial charge is 0.445 e. The van der Waals surface area contributed by atoms with Crippen LogP contribution in [-0.4, -0.2) is 34.3 Å². The van der Waals surface area contributed by atoms with Gasteiger partial charge in [-0.05, 0) is 47.5 Å². The van der Waals surface area contributed by atoms with Crippen molar-refractivity contribution in [2.45, 2.75) is 25.5 Å². The fourth-order valence-corrected chi connectivity index (χ4v) is 4.88. The number of carbonyl (C=O) groups excluding carboxylic acids is 2. The van der Waals surface area contributed by atoms with Crippen LogP contribution in [0.15, 0.2) is 72.2 Å². The molecule has 4 aromatic rings. The van der Waals surface area contributed by atoms with Gasteiger partial charge >= 0.3 is 6.09 Å². The number of benzene rings is 2. The number of hydrogen-bond donors (Lipinski definition) is 1. The lowest BCUT2D eigenvalue weighted by Crippen LogP contribution is -2.40. The molecule has 156 valence electrons. The molecule has 2 aromatic heterocycles. The van der Waals surface area contributed by atoms with Crippen molar-refractivity contribution in [1.82, 2.24) is 9.88 Å². The Kier molecular flexibility index (Phi) is 5.30. The molecule has 1 fully saturated rings. The highest BCUT2D eigenvalue weighted by Gasteiger charge is 2.36. The fourth-order valence-electron chi connectivity index (χ4n) is 4.16. The summed E-state index contributed by atoms with van der Waals surface area (Å²) in [6.07, 6.45) is 2.77. The van der Waals surface area contributed by atoms with Gasteiger partial charge in [-0.3, -0.25) is 9.69 Å². The molecule has 1 saturated heterocycles. The Bertz CT molecular complexity index is 1210. The summed E-state index contributed by atoms with van der Waals surface area (Å²) in [5.74, 6) is -0.0382. The van der Waals surface area contributed by atoms with Gasteiger partial charge in [0, 0.05) is 34.1 Å². The second-order valence-electron chi connectivity index (χ2n) is 7.70. The Hall–Kier alpha value is -3.38. The lowest BCUT2D eigenvalue weighted by atomic mass is 10.00. The Balaban J connectivity index is 1.37. The molecule has 1 atom stereocenters. The third-order valence-electron chi connectivity index (χ3n) is 5.75. The summed E-state index contributed by atoms with van der Waals surface area (Å²) in [4.78, 5) is 32.1. The van der Waals surface area contributed by atoms with E-state index in [1.165, 1.54) is 0 Å². The number of aromatic amines is 1. The molecular formula is C25H22N2O3S. The lowest BCUT2D eigenvalue weighted by Gasteiger charge is -2.23. The molecular weight excluding hydrogens is 408 g/mol. The first-order chi connectivity index (χ1) is 15.2. The molecule has 1 unspecified atom stereocenters. The summed E-state index contributed by atoms with van der Waals surface area (Å²) in [7, 11) is 0. The monoisotopic (exact) mass is 430 g/mol. The maximum atomic E-state index is 13.4. The van der Waals surface area contributed by atoms with E-state index in [4.69, 9.17) is 4.74 Å². The number of hydrogen-bond acceptors (Lipinski definition) is 4. The molecule has 0 radical (unpaired) electrons. The van der Waals surface area contributed by atoms with Crippen molar-refractivity contribution in [2.75, 3.05) is 6.54 Å². The number of Topliss-reactive ketones (excluding diaryl/α,β-unsaturated/α-hetero) is 1. The highest BCUT2D eigenvalue weighted by molar-refractivity contribution is 7.13. The third-order valence-corrected chi connectivity index (χ3v) is 6.67. The average Bonchev–Trinajstić information content (AvgIpc) is 3.57. The normalized spacial score (nSPS) is 16.0. The van der Waals surface area contributed by atoms with Crippen LogP contribution in [0.3, 0.4) is 0 Å². The predicted octanol–water partition coefficient (Wildman–Crippen LogP) is 5.88. The summed E-state index contributed by atoms with van der Waals surface area (Å²) in [5.41, 5.74) is 3.55. The Labute approximate surface area is 184 Å². The lowest BCUT2D eigenvalue weighted by molar-refractivity contribution is 0.0739. The van der Waals surface area contributed by atoms with Crippen LogP contribution in [0.5, 0.6) is 0 Å². The smallest absolute Gasteiger partial charge is 0.410 e. The fraction of sp³-hybridized carbons (Fsp3) is 0.200. The molecule has 5 rings (SSSR count). The summed E-state index contributed by atoms with van der Waals surface area (Å²) >= 11 is 1.67. The van der Waals surface area contributed by atoms with E-state index < -0.39 is 12.1 Å². The van der Waals surface area contributed by atoms with Crippen molar-refractivity contribution in [3.8, 4) is 10.4 Å². The number of amides is 1. The molecule has 31 heavy (non-hydrogen) atoms. The van der Waals surface area contributed by atoms with Gasteiger partial charge in [0.05, 0.1) is 6.04 Å². The second-order valence-corrected chi connectivity index (χ2v) is 8.64. The summed E-state index contributed by atoms with van der Waals surface area (Å²) in [6, 6.07) is 19.3. The van der Waals surface area contributed by atoms with Gasteiger partial charge in [0.25, 0.3) is 0 Å². The van der Waals surface area contributed by atoms with E-state index in [-0.39, 0.29) is 12.4 Å². The van der Waals surface area contributed by atoms with Gasteiger partial charge in [-0.2, -0.15) is 0 Å². The maximum absolute atomic E-state index is 13.4. The molecule has 1 N–H and O–H groups in total. The van der Waals surface area contributed by atoms with Crippen molar-refractivity contribution in [3.63, 3.8) is 0 Å². The number of ether oxygens (including phenoxy) is 1. The van der Waals surface area contributed by atoms with Crippen molar-refractivity contribution >= 4 is 34.1 Å². The number of thiophene rings is 1. The van der Waals surface area contributed by atoms with E-state index in [0.717, 1.165) is 33.3 Å². The minimum absolute atomic E-state index is 0.0382. The predicted molar refractivity (Wildman–Crippen MR) is 122 cm³/mol. The van der Waals surface area contributed by atoms with Gasteiger partial charge in [-0.15, -0.1) is 11.3 Å². The van der Waals surface area contributed by atoms with Crippen molar-refractivity contribution in [2.24, 2.45) is 0 Å². The molecule has 1 amide bonds. The number of aromatic nitrogens is 1. The summed E-state index contributed by atoms with van der Waals surface area (Å²) in [5, 5.41) is 2.93. The van der Waals surface area contributed by atoms with E-state index in [9.17, 15) is 9.59 Å². The van der Waals surface area contributed by atoms with Gasteiger partial charge < -0.3 is 9.72 Å². The SMILES string of the molecule is O=C(c1c[nH]c2ccc(-c3cccs3)cc12)C1CCCN1C(=O)OCc1ccccc1. The zero-order valence-electron chi connectivity index (χ0n) is 16.9. The topological polar surface area (TPSA) is 62.4 Å². The zero-order chi connectivity index (χ0) is 21.2. The van der Waals surface area contributed by atoms with Gasteiger partial charge in [0.2, 0.25) is 0 Å². The van der Waals surface area contributed by atoms with Crippen molar-refractivity contribution in [3.05, 3.63) is 83.4 Å². The number of nitrogens with one attached hydrogen (secondary N) is 1. The number of fused-ring (bicyclic) bond motifs is 1. The van der Waals surface area contributed by atoms with Crippen LogP contribution >= 0.6 is 11.3 Å². The average molecular weight is 431 g/mol. The highest BCUT2D eigenvalue weighted by Crippen LogP contribution is 2.31. The molecule has 3 heterocycles. The van der Waals surface area contributed by atoms with Crippen LogP contribution in [0.4, 0.5) is 4.79 Å². The standard InChI is InChI=1S/C25H22N2O3S/c28-24(20-15-26-21-11-10-18(14-19(20)21)23-9-5-13-31-23)22-8-4-12-27(22)25(29)30-16-17-6-2-1-3-7-17/h1-3,5-7,9-11,13-15,22,26H,4,8,12,16H2. The molecule has 2 aromatic carbocycles. The van der Waals surface area contributed by atoms with Gasteiger partial charge in [-0.25, -0.2) is 4.79 Å². The van der Waals surface area contributed by atoms with Crippen LogP contribution in [-0.2, 0) is 11.3 Å². The number of rotatable bonds is 5. The molecule has 0 bridgehead atoms. The quantitative estimate of drug-likeness (QED) is 0.402. The minimum atomic E-state index is -0.493. The molecule has 1 aliphatic heterocycles. The van der Waals surface area contributed by atoms with Crippen LogP contribution in [0, 0.1) is 0 Å². The van der Waals surface area contributed by atoms with Crippen LogP contribution in [0.25, 0.3) is 21.3 Å².